The third kappa shape index (κ3) is 51.1. The second kappa shape index (κ2) is 53.7. The summed E-state index contributed by atoms with van der Waals surface area (Å²) in [4.78, 5) is 37.7. The highest BCUT2D eigenvalue weighted by Gasteiger charge is 2.19. The molecule has 0 saturated heterocycles. The van der Waals surface area contributed by atoms with Crippen LogP contribution in [0.4, 0.5) is 0 Å². The van der Waals surface area contributed by atoms with Gasteiger partial charge in [0.2, 0.25) is 0 Å². The molecule has 0 bridgehead atoms. The number of carbonyl (C=O) groups excluding carboxylic acids is 3. The standard InChI is InChI=1S/C60H98O6/c1-4-7-10-13-16-18-20-21-22-23-24-25-26-27-28-29-30-31-32-33-34-35-36-37-38-39-40-42-44-47-50-53-59(62)65-56-57(55-64-58(61)52-49-46-43-15-12-9-6-3)66-60(63)54-51-48-45-41-19-17-14-11-8-5-2/h7,10,16,18,21-22,24-25,27-28,30-31,33-34,36-37,39-40,57H,4-6,8-9,11-15,17,19-20,23,26,29,32,35,38,41-56H2,1-3H3/b10-7-,18-16-,22-21-,25-24-,28-27-,31-30-,34-33-,37-36-,40-39-. The predicted molar refractivity (Wildman–Crippen MR) is 283 cm³/mol. The Morgan fingerprint density at radius 1 is 0.318 bits per heavy atom. The molecule has 0 radical (unpaired) electrons. The number of esters is 3. The van der Waals surface area contributed by atoms with Crippen LogP contribution in [0.1, 0.15) is 233 Å². The Balaban J connectivity index is 4.20. The van der Waals surface area contributed by atoms with Gasteiger partial charge in [-0.1, -0.05) is 233 Å². The minimum absolute atomic E-state index is 0.0876. The van der Waals surface area contributed by atoms with Crippen molar-refractivity contribution < 1.29 is 28.6 Å². The van der Waals surface area contributed by atoms with Crippen molar-refractivity contribution in [2.24, 2.45) is 0 Å². The number of carbonyl (C=O) groups is 3. The van der Waals surface area contributed by atoms with Crippen molar-refractivity contribution in [1.82, 2.24) is 0 Å². The molecule has 0 heterocycles. The Hall–Kier alpha value is -3.93. The van der Waals surface area contributed by atoms with Crippen LogP contribution in [-0.2, 0) is 28.6 Å². The lowest BCUT2D eigenvalue weighted by atomic mass is 10.1. The summed E-state index contributed by atoms with van der Waals surface area (Å²) in [5, 5.41) is 0. The smallest absolute Gasteiger partial charge is 0.306 e. The minimum Gasteiger partial charge on any atom is -0.462 e. The summed E-state index contributed by atoms with van der Waals surface area (Å²) in [5.41, 5.74) is 0. The highest BCUT2D eigenvalue weighted by molar-refractivity contribution is 5.71. The molecule has 0 aliphatic rings. The fourth-order valence-corrected chi connectivity index (χ4v) is 7.02. The molecule has 0 aromatic heterocycles. The van der Waals surface area contributed by atoms with Crippen LogP contribution in [0.5, 0.6) is 0 Å². The Kier molecular flexibility index (Phi) is 50.5. The summed E-state index contributed by atoms with van der Waals surface area (Å²) >= 11 is 0. The van der Waals surface area contributed by atoms with Gasteiger partial charge in [0.15, 0.2) is 6.10 Å². The second-order valence-corrected chi connectivity index (χ2v) is 17.4. The lowest BCUT2D eigenvalue weighted by molar-refractivity contribution is -0.167. The van der Waals surface area contributed by atoms with E-state index in [-0.39, 0.29) is 31.1 Å². The van der Waals surface area contributed by atoms with E-state index in [9.17, 15) is 14.4 Å². The van der Waals surface area contributed by atoms with E-state index in [0.29, 0.717) is 19.3 Å². The van der Waals surface area contributed by atoms with Gasteiger partial charge in [0.05, 0.1) is 0 Å². The summed E-state index contributed by atoms with van der Waals surface area (Å²) < 4.78 is 16.7. The minimum atomic E-state index is -0.786. The molecule has 6 heteroatoms. The zero-order valence-corrected chi connectivity index (χ0v) is 42.7. The fraction of sp³-hybridized carbons (Fsp3) is 0.650. The molecular formula is C60H98O6. The van der Waals surface area contributed by atoms with Crippen LogP contribution >= 0.6 is 0 Å². The monoisotopic (exact) mass is 915 g/mol. The van der Waals surface area contributed by atoms with Crippen molar-refractivity contribution in [3.63, 3.8) is 0 Å². The average molecular weight is 915 g/mol. The third-order valence-electron chi connectivity index (χ3n) is 11.0. The molecule has 66 heavy (non-hydrogen) atoms. The number of hydrogen-bond donors (Lipinski definition) is 0. The molecule has 0 fully saturated rings. The summed E-state index contributed by atoms with van der Waals surface area (Å²) in [6, 6.07) is 0. The summed E-state index contributed by atoms with van der Waals surface area (Å²) in [7, 11) is 0. The number of ether oxygens (including phenoxy) is 3. The van der Waals surface area contributed by atoms with Gasteiger partial charge in [0.1, 0.15) is 13.2 Å². The average Bonchev–Trinajstić information content (AvgIpc) is 3.31. The lowest BCUT2D eigenvalue weighted by Crippen LogP contribution is -2.30. The maximum absolute atomic E-state index is 12.7. The van der Waals surface area contributed by atoms with E-state index in [2.05, 4.69) is 130 Å². The molecule has 6 nitrogen and oxygen atoms in total. The first-order valence-electron chi connectivity index (χ1n) is 26.9. The topological polar surface area (TPSA) is 78.9 Å². The van der Waals surface area contributed by atoms with Gasteiger partial charge in [-0.15, -0.1) is 0 Å². The van der Waals surface area contributed by atoms with Crippen molar-refractivity contribution in [2.45, 2.75) is 239 Å². The highest BCUT2D eigenvalue weighted by Crippen LogP contribution is 2.14. The van der Waals surface area contributed by atoms with Gasteiger partial charge in [0.25, 0.3) is 0 Å². The van der Waals surface area contributed by atoms with Crippen LogP contribution in [0.2, 0.25) is 0 Å². The molecule has 0 N–H and O–H groups in total. The van der Waals surface area contributed by atoms with Gasteiger partial charge >= 0.3 is 17.9 Å². The predicted octanol–water partition coefficient (Wildman–Crippen LogP) is 17.9. The van der Waals surface area contributed by atoms with Crippen LogP contribution in [-0.4, -0.2) is 37.2 Å². The van der Waals surface area contributed by atoms with Gasteiger partial charge in [-0.2, -0.15) is 0 Å². The van der Waals surface area contributed by atoms with Crippen LogP contribution in [0.15, 0.2) is 109 Å². The van der Waals surface area contributed by atoms with E-state index in [1.165, 1.54) is 70.6 Å². The lowest BCUT2D eigenvalue weighted by Gasteiger charge is -2.18. The molecule has 0 rings (SSSR count). The van der Waals surface area contributed by atoms with Gasteiger partial charge in [-0.05, 0) is 89.9 Å². The quantitative estimate of drug-likeness (QED) is 0.0262. The number of unbranched alkanes of at least 4 members (excludes halogenated alkanes) is 18. The third-order valence-corrected chi connectivity index (χ3v) is 11.0. The first-order chi connectivity index (χ1) is 32.5. The zero-order valence-electron chi connectivity index (χ0n) is 42.7. The number of rotatable bonds is 47. The normalized spacial score (nSPS) is 13.0. The van der Waals surface area contributed by atoms with Crippen molar-refractivity contribution in [3.05, 3.63) is 109 Å². The molecule has 0 spiro atoms. The summed E-state index contributed by atoms with van der Waals surface area (Å²) in [5.74, 6) is -0.935. The second-order valence-electron chi connectivity index (χ2n) is 17.4. The van der Waals surface area contributed by atoms with Gasteiger partial charge in [-0.3, -0.25) is 14.4 Å². The largest absolute Gasteiger partial charge is 0.462 e. The van der Waals surface area contributed by atoms with Crippen molar-refractivity contribution in [3.8, 4) is 0 Å². The molecule has 0 aliphatic carbocycles. The fourth-order valence-electron chi connectivity index (χ4n) is 7.02. The van der Waals surface area contributed by atoms with E-state index < -0.39 is 6.10 Å². The van der Waals surface area contributed by atoms with Crippen molar-refractivity contribution in [2.75, 3.05) is 13.2 Å². The number of allylic oxidation sites excluding steroid dienone is 18. The number of hydrogen-bond acceptors (Lipinski definition) is 6. The first-order valence-corrected chi connectivity index (χ1v) is 26.9. The van der Waals surface area contributed by atoms with E-state index in [0.717, 1.165) is 122 Å². The Morgan fingerprint density at radius 2 is 0.591 bits per heavy atom. The van der Waals surface area contributed by atoms with Crippen LogP contribution < -0.4 is 0 Å². The van der Waals surface area contributed by atoms with Gasteiger partial charge in [-0.25, -0.2) is 0 Å². The molecule has 0 aromatic carbocycles. The zero-order chi connectivity index (χ0) is 47.9. The molecule has 0 aliphatic heterocycles. The molecule has 1 atom stereocenters. The van der Waals surface area contributed by atoms with E-state index in [4.69, 9.17) is 14.2 Å². The molecule has 0 amide bonds. The molecule has 1 unspecified atom stereocenters. The highest BCUT2D eigenvalue weighted by atomic mass is 16.6. The molecular weight excluding hydrogens is 817 g/mol. The Bertz CT molecular complexity index is 1370. The molecule has 0 aromatic rings. The van der Waals surface area contributed by atoms with E-state index in [1.54, 1.807) is 0 Å². The SMILES string of the molecule is CC/C=C\C/C=C\C/C=C\C/C=C\C/C=C\C/C=C\C/C=C\C/C=C\C/C=C\CCCCCC(=O)OCC(COC(=O)CCCCCCCCC)OC(=O)CCCCCCCCCCCC. The van der Waals surface area contributed by atoms with E-state index in [1.807, 2.05) is 0 Å². The first kappa shape index (κ1) is 62.1. The maximum atomic E-state index is 12.7. The van der Waals surface area contributed by atoms with Crippen LogP contribution in [0.3, 0.4) is 0 Å². The summed E-state index contributed by atoms with van der Waals surface area (Å²) in [6.45, 7) is 6.42. The van der Waals surface area contributed by atoms with E-state index >= 15 is 0 Å². The van der Waals surface area contributed by atoms with Gasteiger partial charge in [0, 0.05) is 19.3 Å². The van der Waals surface area contributed by atoms with Crippen LogP contribution in [0, 0.1) is 0 Å². The Labute approximate surface area is 406 Å². The molecule has 374 valence electrons. The van der Waals surface area contributed by atoms with Crippen molar-refractivity contribution >= 4 is 17.9 Å². The maximum Gasteiger partial charge on any atom is 0.306 e. The van der Waals surface area contributed by atoms with Crippen LogP contribution in [0.25, 0.3) is 0 Å². The summed E-state index contributed by atoms with van der Waals surface area (Å²) in [6.07, 6.45) is 72.5. The molecule has 0 saturated carbocycles. The van der Waals surface area contributed by atoms with Crippen molar-refractivity contribution in [1.29, 1.82) is 0 Å². The van der Waals surface area contributed by atoms with Gasteiger partial charge < -0.3 is 14.2 Å². The Morgan fingerprint density at radius 3 is 0.924 bits per heavy atom.